The predicted octanol–water partition coefficient (Wildman–Crippen LogP) is 3.00. The fourth-order valence-corrected chi connectivity index (χ4v) is 0.969. The molecule has 0 atom stereocenters. The van der Waals surface area contributed by atoms with Crippen molar-refractivity contribution in [3.05, 3.63) is 42.4 Å². The van der Waals surface area contributed by atoms with Crippen molar-refractivity contribution in [2.45, 2.75) is 20.8 Å². The Kier molecular flexibility index (Phi) is 4.92. The summed E-state index contributed by atoms with van der Waals surface area (Å²) < 4.78 is 5.40. The summed E-state index contributed by atoms with van der Waals surface area (Å²) in [7, 11) is 0. The second-order valence-corrected chi connectivity index (χ2v) is 2.80. The maximum absolute atomic E-state index is 5.40. The van der Waals surface area contributed by atoms with Gasteiger partial charge >= 0.3 is 0 Å². The van der Waals surface area contributed by atoms with E-state index in [0.717, 1.165) is 5.69 Å². The van der Waals surface area contributed by atoms with Crippen LogP contribution in [-0.4, -0.2) is 15.2 Å². The second-order valence-electron chi connectivity index (χ2n) is 2.80. The number of rotatable bonds is 2. The maximum Gasteiger partial charge on any atom is 0.238 e. The van der Waals surface area contributed by atoms with Crippen LogP contribution < -0.4 is 4.74 Å². The number of hydrogen-bond acceptors (Lipinski definition) is 4. The van der Waals surface area contributed by atoms with Crippen LogP contribution in [0.25, 0.3) is 0 Å². The topological polar surface area (TPSA) is 47.9 Å². The van der Waals surface area contributed by atoms with Gasteiger partial charge < -0.3 is 4.74 Å². The van der Waals surface area contributed by atoms with Gasteiger partial charge in [-0.15, -0.1) is 5.10 Å². The van der Waals surface area contributed by atoms with Gasteiger partial charge in [0.05, 0.1) is 11.9 Å². The first-order valence-corrected chi connectivity index (χ1v) is 5.23. The summed E-state index contributed by atoms with van der Waals surface area (Å²) in [6, 6.07) is 7.24. The minimum atomic E-state index is 0.476. The molecule has 0 spiro atoms. The molecule has 0 aromatic carbocycles. The number of hydrogen-bond donors (Lipinski definition) is 0. The van der Waals surface area contributed by atoms with Gasteiger partial charge in [0.15, 0.2) is 0 Å². The minimum absolute atomic E-state index is 0.476. The summed E-state index contributed by atoms with van der Waals surface area (Å²) in [5, 5.41) is 7.75. The van der Waals surface area contributed by atoms with Gasteiger partial charge in [-0.2, -0.15) is 5.10 Å². The molecule has 4 heteroatoms. The molecule has 0 aliphatic rings. The molecule has 0 radical (unpaired) electrons. The van der Waals surface area contributed by atoms with Crippen LogP contribution in [0.2, 0.25) is 0 Å². The van der Waals surface area contributed by atoms with E-state index in [1.165, 1.54) is 0 Å². The minimum Gasteiger partial charge on any atom is -0.436 e. The highest BCUT2D eigenvalue weighted by molar-refractivity contribution is 5.22. The summed E-state index contributed by atoms with van der Waals surface area (Å²) in [5.74, 6) is 1.13. The molecule has 4 nitrogen and oxygen atoms in total. The van der Waals surface area contributed by atoms with Gasteiger partial charge in [-0.1, -0.05) is 13.8 Å². The van der Waals surface area contributed by atoms with Crippen molar-refractivity contribution in [2.24, 2.45) is 0 Å². The summed E-state index contributed by atoms with van der Waals surface area (Å²) in [6.07, 6.45) is 3.31. The quantitative estimate of drug-likeness (QED) is 0.775. The van der Waals surface area contributed by atoms with E-state index in [9.17, 15) is 0 Å². The first-order valence-electron chi connectivity index (χ1n) is 5.23. The Balaban J connectivity index is 0.000000606. The van der Waals surface area contributed by atoms with Crippen molar-refractivity contribution in [3.8, 4) is 11.6 Å². The molecule has 0 bridgehead atoms. The Hall–Kier alpha value is -1.97. The van der Waals surface area contributed by atoms with Crippen LogP contribution in [0.1, 0.15) is 19.5 Å². The lowest BCUT2D eigenvalue weighted by atomic mass is 10.4. The van der Waals surface area contributed by atoms with Gasteiger partial charge in [0.2, 0.25) is 5.88 Å². The molecule has 2 heterocycles. The van der Waals surface area contributed by atoms with E-state index in [-0.39, 0.29) is 0 Å². The molecular formula is C12H15N3O. The van der Waals surface area contributed by atoms with E-state index >= 15 is 0 Å². The first kappa shape index (κ1) is 12.1. The Morgan fingerprint density at radius 2 is 1.88 bits per heavy atom. The molecule has 16 heavy (non-hydrogen) atoms. The Morgan fingerprint density at radius 1 is 1.06 bits per heavy atom. The lowest BCUT2D eigenvalue weighted by Crippen LogP contribution is -1.91. The highest BCUT2D eigenvalue weighted by Crippen LogP contribution is 2.16. The van der Waals surface area contributed by atoms with Gasteiger partial charge in [-0.25, -0.2) is 0 Å². The predicted molar refractivity (Wildman–Crippen MR) is 62.4 cm³/mol. The third-order valence-electron chi connectivity index (χ3n) is 1.63. The highest BCUT2D eigenvalue weighted by atomic mass is 16.5. The van der Waals surface area contributed by atoms with Gasteiger partial charge in [0.1, 0.15) is 5.75 Å². The zero-order chi connectivity index (χ0) is 11.8. The molecule has 2 aromatic rings. The molecule has 2 aromatic heterocycles. The zero-order valence-electron chi connectivity index (χ0n) is 9.71. The summed E-state index contributed by atoms with van der Waals surface area (Å²) in [4.78, 5) is 3.93. The number of pyridine rings is 1. The monoisotopic (exact) mass is 217 g/mol. The lowest BCUT2D eigenvalue weighted by molar-refractivity contribution is 0.452. The summed E-state index contributed by atoms with van der Waals surface area (Å²) in [6.45, 7) is 5.88. The fourth-order valence-electron chi connectivity index (χ4n) is 0.969. The average Bonchev–Trinajstić information content (AvgIpc) is 2.36. The van der Waals surface area contributed by atoms with Crippen LogP contribution >= 0.6 is 0 Å². The zero-order valence-corrected chi connectivity index (χ0v) is 9.71. The molecule has 0 amide bonds. The molecule has 84 valence electrons. The van der Waals surface area contributed by atoms with Crippen LogP contribution in [0, 0.1) is 6.92 Å². The summed E-state index contributed by atoms with van der Waals surface area (Å²) in [5.41, 5.74) is 0.864. The molecule has 0 unspecified atom stereocenters. The van der Waals surface area contributed by atoms with Gasteiger partial charge in [-0.3, -0.25) is 4.98 Å². The van der Waals surface area contributed by atoms with Crippen molar-refractivity contribution < 1.29 is 4.74 Å². The van der Waals surface area contributed by atoms with Crippen LogP contribution in [0.15, 0.2) is 36.7 Å². The molecule has 2 rings (SSSR count). The molecular weight excluding hydrogens is 202 g/mol. The van der Waals surface area contributed by atoms with Crippen LogP contribution in [0.4, 0.5) is 0 Å². The second kappa shape index (κ2) is 6.50. The van der Waals surface area contributed by atoms with E-state index in [1.807, 2.05) is 32.9 Å². The smallest absolute Gasteiger partial charge is 0.238 e. The SMILES string of the molecule is CC.Cc1ccc(Oc2cccnc2)nn1. The van der Waals surface area contributed by atoms with Gasteiger partial charge in [-0.05, 0) is 25.1 Å². The average molecular weight is 217 g/mol. The van der Waals surface area contributed by atoms with Crippen LogP contribution in [0.3, 0.4) is 0 Å². The number of aryl methyl sites for hydroxylation is 1. The first-order chi connectivity index (χ1) is 7.84. The van der Waals surface area contributed by atoms with E-state index < -0.39 is 0 Å². The molecule has 0 fully saturated rings. The highest BCUT2D eigenvalue weighted by Gasteiger charge is 1.97. The van der Waals surface area contributed by atoms with E-state index in [4.69, 9.17) is 4.74 Å². The maximum atomic E-state index is 5.40. The van der Waals surface area contributed by atoms with Crippen molar-refractivity contribution >= 4 is 0 Å². The van der Waals surface area contributed by atoms with Gasteiger partial charge in [0, 0.05) is 12.3 Å². The Labute approximate surface area is 95.3 Å². The van der Waals surface area contributed by atoms with Crippen LogP contribution in [-0.2, 0) is 0 Å². The van der Waals surface area contributed by atoms with E-state index in [1.54, 1.807) is 24.5 Å². The Bertz CT molecular complexity index is 400. The lowest BCUT2D eigenvalue weighted by Gasteiger charge is -2.02. The molecule has 0 aliphatic carbocycles. The molecule has 0 N–H and O–H groups in total. The van der Waals surface area contributed by atoms with Crippen molar-refractivity contribution in [2.75, 3.05) is 0 Å². The summed E-state index contributed by atoms with van der Waals surface area (Å²) >= 11 is 0. The van der Waals surface area contributed by atoms with Crippen molar-refractivity contribution in [3.63, 3.8) is 0 Å². The third-order valence-corrected chi connectivity index (χ3v) is 1.63. The largest absolute Gasteiger partial charge is 0.436 e. The van der Waals surface area contributed by atoms with Gasteiger partial charge in [0.25, 0.3) is 0 Å². The van der Waals surface area contributed by atoms with Crippen LogP contribution in [0.5, 0.6) is 11.6 Å². The standard InChI is InChI=1S/C10H9N3O.C2H6/c1-8-4-5-10(13-12-8)14-9-3-2-6-11-7-9;1-2/h2-7H,1H3;1-2H3. The van der Waals surface area contributed by atoms with Crippen molar-refractivity contribution in [1.82, 2.24) is 15.2 Å². The molecule has 0 aliphatic heterocycles. The van der Waals surface area contributed by atoms with E-state index in [2.05, 4.69) is 15.2 Å². The third kappa shape index (κ3) is 3.65. The number of aromatic nitrogens is 3. The normalized spacial score (nSPS) is 8.94. The van der Waals surface area contributed by atoms with E-state index in [0.29, 0.717) is 11.6 Å². The number of nitrogens with zero attached hydrogens (tertiary/aromatic N) is 3. The van der Waals surface area contributed by atoms with Crippen molar-refractivity contribution in [1.29, 1.82) is 0 Å². The molecule has 0 saturated carbocycles. The molecule has 0 saturated heterocycles. The Morgan fingerprint density at radius 3 is 2.44 bits per heavy atom. The number of ether oxygens (including phenoxy) is 1. The fraction of sp³-hybridized carbons (Fsp3) is 0.250.